The molecule has 1 aliphatic carbocycles. The Balaban J connectivity index is 2.12. The van der Waals surface area contributed by atoms with Gasteiger partial charge in [-0.3, -0.25) is 10.1 Å². The van der Waals surface area contributed by atoms with Crippen LogP contribution in [-0.4, -0.2) is 11.0 Å². The van der Waals surface area contributed by atoms with Crippen molar-refractivity contribution in [2.75, 3.05) is 0 Å². The Morgan fingerprint density at radius 3 is 2.80 bits per heavy atom. The van der Waals surface area contributed by atoms with Crippen molar-refractivity contribution in [3.8, 4) is 6.07 Å². The first-order valence-corrected chi connectivity index (χ1v) is 6.28. The molecule has 1 aromatic carbocycles. The highest BCUT2D eigenvalue weighted by Crippen LogP contribution is 2.26. The van der Waals surface area contributed by atoms with Gasteiger partial charge in [0.05, 0.1) is 16.9 Å². The van der Waals surface area contributed by atoms with E-state index in [-0.39, 0.29) is 24.1 Å². The summed E-state index contributed by atoms with van der Waals surface area (Å²) in [5.74, 6) is -2.15. The fourth-order valence-corrected chi connectivity index (χ4v) is 2.46. The molecule has 0 heterocycles. The van der Waals surface area contributed by atoms with E-state index in [1.807, 2.05) is 0 Å². The van der Waals surface area contributed by atoms with Crippen molar-refractivity contribution in [2.45, 2.75) is 31.8 Å². The highest BCUT2D eigenvalue weighted by molar-refractivity contribution is 5.37. The quantitative estimate of drug-likeness (QED) is 0.679. The summed E-state index contributed by atoms with van der Waals surface area (Å²) >= 11 is 0. The SMILES string of the molecule is N#CC1CCCC1NCc1cc([N+](=O)[O-])c(F)cc1F. The molecule has 106 valence electrons. The molecule has 5 nitrogen and oxygen atoms in total. The smallest absolute Gasteiger partial charge is 0.305 e. The number of rotatable bonds is 4. The lowest BCUT2D eigenvalue weighted by Gasteiger charge is -2.15. The number of nitriles is 1. The standard InChI is InChI=1S/C13H13F2N3O2/c14-10-5-11(15)13(18(19)20)4-9(10)7-17-12-3-1-2-8(12)6-16/h4-5,8,12,17H,1-3,7H2. The predicted molar refractivity (Wildman–Crippen MR) is 66.6 cm³/mol. The van der Waals surface area contributed by atoms with Gasteiger partial charge in [0, 0.05) is 30.3 Å². The van der Waals surface area contributed by atoms with Crippen molar-refractivity contribution in [3.63, 3.8) is 0 Å². The summed E-state index contributed by atoms with van der Waals surface area (Å²) in [6.45, 7) is 0.0375. The number of nitro groups is 1. The van der Waals surface area contributed by atoms with Gasteiger partial charge in [0.1, 0.15) is 5.82 Å². The fourth-order valence-electron chi connectivity index (χ4n) is 2.46. The maximum Gasteiger partial charge on any atom is 0.305 e. The van der Waals surface area contributed by atoms with Crippen LogP contribution in [0, 0.1) is 39.0 Å². The summed E-state index contributed by atoms with van der Waals surface area (Å²) in [6, 6.07) is 3.54. The molecule has 0 aliphatic heterocycles. The minimum Gasteiger partial charge on any atom is -0.309 e. The van der Waals surface area contributed by atoms with Crippen LogP contribution in [-0.2, 0) is 6.54 Å². The molecule has 20 heavy (non-hydrogen) atoms. The van der Waals surface area contributed by atoms with Crippen molar-refractivity contribution in [3.05, 3.63) is 39.4 Å². The molecule has 0 radical (unpaired) electrons. The van der Waals surface area contributed by atoms with Crippen LogP contribution in [0.4, 0.5) is 14.5 Å². The summed E-state index contributed by atoms with van der Waals surface area (Å²) < 4.78 is 26.8. The van der Waals surface area contributed by atoms with Crippen molar-refractivity contribution in [1.29, 1.82) is 5.26 Å². The van der Waals surface area contributed by atoms with Gasteiger partial charge in [-0.2, -0.15) is 9.65 Å². The second-order valence-electron chi connectivity index (χ2n) is 4.81. The van der Waals surface area contributed by atoms with Gasteiger partial charge in [-0.1, -0.05) is 6.42 Å². The summed E-state index contributed by atoms with van der Waals surface area (Å²) in [4.78, 5) is 9.74. The highest BCUT2D eigenvalue weighted by Gasteiger charge is 2.27. The number of hydrogen-bond donors (Lipinski definition) is 1. The lowest BCUT2D eigenvalue weighted by atomic mass is 10.1. The zero-order valence-corrected chi connectivity index (χ0v) is 10.6. The Bertz CT molecular complexity index is 571. The lowest BCUT2D eigenvalue weighted by molar-refractivity contribution is -0.387. The van der Waals surface area contributed by atoms with E-state index in [1.165, 1.54) is 0 Å². The van der Waals surface area contributed by atoms with E-state index in [0.717, 1.165) is 25.3 Å². The van der Waals surface area contributed by atoms with Crippen LogP contribution in [0.25, 0.3) is 0 Å². The zero-order valence-electron chi connectivity index (χ0n) is 10.6. The molecule has 0 aromatic heterocycles. The Morgan fingerprint density at radius 1 is 1.40 bits per heavy atom. The third-order valence-electron chi connectivity index (χ3n) is 3.55. The molecule has 7 heteroatoms. The minimum atomic E-state index is -1.19. The van der Waals surface area contributed by atoms with E-state index < -0.39 is 22.2 Å². The number of nitrogens with zero attached hydrogens (tertiary/aromatic N) is 2. The largest absolute Gasteiger partial charge is 0.309 e. The van der Waals surface area contributed by atoms with Gasteiger partial charge in [0.25, 0.3) is 0 Å². The summed E-state index contributed by atoms with van der Waals surface area (Å²) in [7, 11) is 0. The Hall–Kier alpha value is -2.07. The molecule has 1 fully saturated rings. The van der Waals surface area contributed by atoms with Crippen molar-refractivity contribution < 1.29 is 13.7 Å². The molecule has 1 aromatic rings. The lowest BCUT2D eigenvalue weighted by Crippen LogP contribution is -2.31. The molecule has 0 bridgehead atoms. The van der Waals surface area contributed by atoms with Gasteiger partial charge in [0.2, 0.25) is 5.82 Å². The predicted octanol–water partition coefficient (Wildman–Crippen LogP) is 2.65. The first-order valence-electron chi connectivity index (χ1n) is 6.28. The second kappa shape index (κ2) is 5.92. The van der Waals surface area contributed by atoms with Crippen molar-refractivity contribution in [1.82, 2.24) is 5.32 Å². The zero-order chi connectivity index (χ0) is 14.7. The summed E-state index contributed by atoms with van der Waals surface area (Å²) in [6.07, 6.45) is 2.52. The Morgan fingerprint density at radius 2 is 2.15 bits per heavy atom. The summed E-state index contributed by atoms with van der Waals surface area (Å²) in [5.41, 5.74) is -0.715. The van der Waals surface area contributed by atoms with E-state index in [2.05, 4.69) is 11.4 Å². The first kappa shape index (κ1) is 14.3. The van der Waals surface area contributed by atoms with Gasteiger partial charge >= 0.3 is 5.69 Å². The van der Waals surface area contributed by atoms with Gasteiger partial charge in [-0.05, 0) is 12.8 Å². The van der Waals surface area contributed by atoms with Gasteiger partial charge in [-0.25, -0.2) is 4.39 Å². The monoisotopic (exact) mass is 281 g/mol. The van der Waals surface area contributed by atoms with E-state index in [1.54, 1.807) is 0 Å². The molecule has 0 amide bonds. The Kier molecular flexibility index (Phi) is 4.25. The average Bonchev–Trinajstić information content (AvgIpc) is 2.84. The fraction of sp³-hybridized carbons (Fsp3) is 0.462. The number of benzene rings is 1. The third kappa shape index (κ3) is 2.91. The van der Waals surface area contributed by atoms with E-state index in [9.17, 15) is 18.9 Å². The van der Waals surface area contributed by atoms with E-state index in [4.69, 9.17) is 5.26 Å². The van der Waals surface area contributed by atoms with Crippen LogP contribution >= 0.6 is 0 Å². The maximum atomic E-state index is 13.6. The van der Waals surface area contributed by atoms with Gasteiger partial charge in [0.15, 0.2) is 0 Å². The molecule has 1 saturated carbocycles. The van der Waals surface area contributed by atoms with E-state index >= 15 is 0 Å². The van der Waals surface area contributed by atoms with Crippen LogP contribution in [0.2, 0.25) is 0 Å². The topological polar surface area (TPSA) is 79.0 Å². The molecule has 0 spiro atoms. The number of nitrogens with one attached hydrogen (secondary N) is 1. The van der Waals surface area contributed by atoms with Crippen molar-refractivity contribution in [2.24, 2.45) is 5.92 Å². The molecule has 2 unspecified atom stereocenters. The molecule has 1 N–H and O–H groups in total. The van der Waals surface area contributed by atoms with E-state index in [0.29, 0.717) is 6.07 Å². The van der Waals surface area contributed by atoms with Gasteiger partial charge < -0.3 is 5.32 Å². The molecular weight excluding hydrogens is 268 g/mol. The third-order valence-corrected chi connectivity index (χ3v) is 3.55. The maximum absolute atomic E-state index is 13.6. The number of halogens is 2. The average molecular weight is 281 g/mol. The van der Waals surface area contributed by atoms with Crippen LogP contribution in [0.15, 0.2) is 12.1 Å². The number of nitro benzene ring substituents is 1. The highest BCUT2D eigenvalue weighted by atomic mass is 19.1. The van der Waals surface area contributed by atoms with Crippen molar-refractivity contribution >= 4 is 5.69 Å². The molecule has 0 saturated heterocycles. The molecular formula is C13H13F2N3O2. The molecule has 2 atom stereocenters. The number of hydrogen-bond acceptors (Lipinski definition) is 4. The molecule has 2 rings (SSSR count). The first-order chi connectivity index (χ1) is 9.52. The normalized spacial score (nSPS) is 21.6. The van der Waals surface area contributed by atoms with Crippen LogP contribution in [0.1, 0.15) is 24.8 Å². The van der Waals surface area contributed by atoms with Crippen LogP contribution in [0.3, 0.4) is 0 Å². The summed E-state index contributed by atoms with van der Waals surface area (Å²) in [5, 5.41) is 22.6. The minimum absolute atomic E-state index is 0.0293. The molecule has 1 aliphatic rings. The van der Waals surface area contributed by atoms with Crippen LogP contribution in [0.5, 0.6) is 0 Å². The van der Waals surface area contributed by atoms with Gasteiger partial charge in [-0.15, -0.1) is 0 Å². The second-order valence-corrected chi connectivity index (χ2v) is 4.81. The Labute approximate surface area is 114 Å². The van der Waals surface area contributed by atoms with Crippen LogP contribution < -0.4 is 5.32 Å².